The smallest absolute Gasteiger partial charge is 0.263 e. The van der Waals surface area contributed by atoms with Gasteiger partial charge in [-0.05, 0) is 18.2 Å². The Morgan fingerprint density at radius 2 is 1.86 bits per heavy atom. The van der Waals surface area contributed by atoms with Gasteiger partial charge in [-0.2, -0.15) is 0 Å². The number of anilines is 2. The van der Waals surface area contributed by atoms with Crippen LogP contribution in [0.2, 0.25) is 15.1 Å². The number of sulfonamides is 1. The van der Waals surface area contributed by atoms with Crippen LogP contribution >= 0.6 is 34.8 Å². The number of rotatable bonds is 4. The van der Waals surface area contributed by atoms with Gasteiger partial charge in [0.15, 0.2) is 0 Å². The molecule has 0 aliphatic carbocycles. The Balaban J connectivity index is 2.39. The van der Waals surface area contributed by atoms with Crippen molar-refractivity contribution in [3.63, 3.8) is 0 Å². The molecule has 1 aromatic carbocycles. The first-order valence-electron chi connectivity index (χ1n) is 5.65. The van der Waals surface area contributed by atoms with Crippen LogP contribution in [-0.2, 0) is 10.0 Å². The van der Waals surface area contributed by atoms with Gasteiger partial charge >= 0.3 is 0 Å². The van der Waals surface area contributed by atoms with Crippen molar-refractivity contribution in [2.75, 3.05) is 17.1 Å². The summed E-state index contributed by atoms with van der Waals surface area (Å²) in [4.78, 5) is 3.84. The fourth-order valence-electron chi connectivity index (χ4n) is 1.54. The lowest BCUT2D eigenvalue weighted by molar-refractivity contribution is 0.601. The summed E-state index contributed by atoms with van der Waals surface area (Å²) in [5.41, 5.74) is 0.179. The number of pyridine rings is 1. The molecule has 0 fully saturated rings. The van der Waals surface area contributed by atoms with Crippen LogP contribution in [-0.4, -0.2) is 20.4 Å². The molecule has 5 nitrogen and oxygen atoms in total. The van der Waals surface area contributed by atoms with Crippen molar-refractivity contribution in [1.82, 2.24) is 4.98 Å². The molecule has 0 aliphatic rings. The summed E-state index contributed by atoms with van der Waals surface area (Å²) < 4.78 is 26.9. The molecule has 2 rings (SSSR count). The summed E-state index contributed by atoms with van der Waals surface area (Å²) in [6.45, 7) is 0. The van der Waals surface area contributed by atoms with Gasteiger partial charge in [-0.3, -0.25) is 4.72 Å². The van der Waals surface area contributed by atoms with Crippen molar-refractivity contribution < 1.29 is 8.42 Å². The zero-order chi connectivity index (χ0) is 15.6. The van der Waals surface area contributed by atoms with E-state index in [0.29, 0.717) is 5.82 Å². The topological polar surface area (TPSA) is 71.1 Å². The third-order valence-corrected chi connectivity index (χ3v) is 5.00. The SMILES string of the molecule is CNc1ncc(S(=O)(=O)Nc2cccc(Cl)c2Cl)cc1Cl. The van der Waals surface area contributed by atoms with Crippen LogP contribution in [0.3, 0.4) is 0 Å². The van der Waals surface area contributed by atoms with E-state index < -0.39 is 10.0 Å². The van der Waals surface area contributed by atoms with E-state index in [2.05, 4.69) is 15.0 Å². The monoisotopic (exact) mass is 365 g/mol. The Morgan fingerprint density at radius 1 is 1.14 bits per heavy atom. The van der Waals surface area contributed by atoms with E-state index in [-0.39, 0.29) is 25.7 Å². The van der Waals surface area contributed by atoms with Crippen LogP contribution < -0.4 is 10.0 Å². The summed E-state index contributed by atoms with van der Waals surface area (Å²) in [5, 5.41) is 3.30. The van der Waals surface area contributed by atoms with Crippen molar-refractivity contribution >= 4 is 56.3 Å². The normalized spacial score (nSPS) is 11.2. The fourth-order valence-corrected chi connectivity index (χ4v) is 3.31. The summed E-state index contributed by atoms with van der Waals surface area (Å²) in [6, 6.07) is 5.94. The number of aromatic nitrogens is 1. The molecule has 0 spiro atoms. The quantitative estimate of drug-likeness (QED) is 0.861. The molecule has 2 aromatic rings. The highest BCUT2D eigenvalue weighted by molar-refractivity contribution is 7.92. The van der Waals surface area contributed by atoms with Gasteiger partial charge in [0.2, 0.25) is 0 Å². The van der Waals surface area contributed by atoms with Crippen molar-refractivity contribution in [3.8, 4) is 0 Å². The maximum atomic E-state index is 12.3. The van der Waals surface area contributed by atoms with Gasteiger partial charge in [-0.1, -0.05) is 40.9 Å². The van der Waals surface area contributed by atoms with Crippen molar-refractivity contribution in [3.05, 3.63) is 45.5 Å². The van der Waals surface area contributed by atoms with Crippen molar-refractivity contribution in [2.24, 2.45) is 0 Å². The van der Waals surface area contributed by atoms with Crippen molar-refractivity contribution in [2.45, 2.75) is 4.90 Å². The van der Waals surface area contributed by atoms with Crippen LogP contribution in [0.25, 0.3) is 0 Å². The highest BCUT2D eigenvalue weighted by Crippen LogP contribution is 2.31. The van der Waals surface area contributed by atoms with Crippen LogP contribution in [0.1, 0.15) is 0 Å². The summed E-state index contributed by atoms with van der Waals surface area (Å²) in [6.07, 6.45) is 1.19. The molecule has 0 aliphatic heterocycles. The van der Waals surface area contributed by atoms with Gasteiger partial charge in [-0.25, -0.2) is 13.4 Å². The van der Waals surface area contributed by atoms with Gasteiger partial charge in [0.25, 0.3) is 10.0 Å². The lowest BCUT2D eigenvalue weighted by Gasteiger charge is -2.11. The Labute approximate surface area is 137 Å². The van der Waals surface area contributed by atoms with E-state index in [0.717, 1.165) is 0 Å². The predicted octanol–water partition coefficient (Wildman–Crippen LogP) is 3.88. The van der Waals surface area contributed by atoms with E-state index in [9.17, 15) is 8.42 Å². The van der Waals surface area contributed by atoms with E-state index in [1.165, 1.54) is 18.3 Å². The number of hydrogen-bond acceptors (Lipinski definition) is 4. The number of benzene rings is 1. The Morgan fingerprint density at radius 3 is 2.48 bits per heavy atom. The second-order valence-electron chi connectivity index (χ2n) is 3.96. The molecule has 1 heterocycles. The molecule has 2 N–H and O–H groups in total. The number of halogens is 3. The van der Waals surface area contributed by atoms with Crippen molar-refractivity contribution in [1.29, 1.82) is 0 Å². The third kappa shape index (κ3) is 3.52. The minimum Gasteiger partial charge on any atom is -0.372 e. The van der Waals surface area contributed by atoms with Crippen LogP contribution in [0.15, 0.2) is 35.4 Å². The summed E-state index contributed by atoms with van der Waals surface area (Å²) in [7, 11) is -2.24. The van der Waals surface area contributed by atoms with Crippen LogP contribution in [0.4, 0.5) is 11.5 Å². The Bertz CT molecular complexity index is 781. The Kier molecular flexibility index (Phi) is 4.83. The molecule has 0 saturated heterocycles. The van der Waals surface area contributed by atoms with E-state index in [1.54, 1.807) is 19.2 Å². The minimum atomic E-state index is -3.87. The van der Waals surface area contributed by atoms with Crippen LogP contribution in [0, 0.1) is 0 Å². The molecule has 0 amide bonds. The molecule has 0 atom stereocenters. The van der Waals surface area contributed by atoms with Gasteiger partial charge in [-0.15, -0.1) is 0 Å². The van der Waals surface area contributed by atoms with Gasteiger partial charge < -0.3 is 5.32 Å². The molecule has 9 heteroatoms. The highest BCUT2D eigenvalue weighted by Gasteiger charge is 2.18. The molecule has 1 aromatic heterocycles. The first-order chi connectivity index (χ1) is 9.85. The molecule has 0 bridgehead atoms. The maximum absolute atomic E-state index is 12.3. The molecular weight excluding hydrogens is 357 g/mol. The molecule has 0 saturated carbocycles. The van der Waals surface area contributed by atoms with E-state index >= 15 is 0 Å². The second kappa shape index (κ2) is 6.27. The fraction of sp³-hybridized carbons (Fsp3) is 0.0833. The second-order valence-corrected chi connectivity index (χ2v) is 6.83. The van der Waals surface area contributed by atoms with E-state index in [4.69, 9.17) is 34.8 Å². The zero-order valence-electron chi connectivity index (χ0n) is 10.7. The summed E-state index contributed by atoms with van der Waals surface area (Å²) >= 11 is 17.7. The average Bonchev–Trinajstić information content (AvgIpc) is 2.43. The lowest BCUT2D eigenvalue weighted by Crippen LogP contribution is -2.14. The first-order valence-corrected chi connectivity index (χ1v) is 8.27. The molecular formula is C12H10Cl3N3O2S. The number of nitrogens with zero attached hydrogens (tertiary/aromatic N) is 1. The molecule has 0 unspecified atom stereocenters. The molecule has 21 heavy (non-hydrogen) atoms. The molecule has 0 radical (unpaired) electrons. The average molecular weight is 367 g/mol. The Hall–Kier alpha value is -1.21. The maximum Gasteiger partial charge on any atom is 0.263 e. The van der Waals surface area contributed by atoms with Crippen LogP contribution in [0.5, 0.6) is 0 Å². The summed E-state index contributed by atoms with van der Waals surface area (Å²) in [5.74, 6) is 0.386. The standard InChI is InChI=1S/C12H10Cl3N3O2S/c1-16-12-9(14)5-7(6-17-12)21(19,20)18-10-4-2-3-8(13)11(10)15/h2-6,18H,1H3,(H,16,17). The third-order valence-electron chi connectivity index (χ3n) is 2.56. The van der Waals surface area contributed by atoms with Gasteiger partial charge in [0, 0.05) is 13.2 Å². The number of nitrogens with one attached hydrogen (secondary N) is 2. The highest BCUT2D eigenvalue weighted by atomic mass is 35.5. The first kappa shape index (κ1) is 16.2. The van der Waals surface area contributed by atoms with E-state index in [1.807, 2.05) is 0 Å². The lowest BCUT2D eigenvalue weighted by atomic mass is 10.3. The molecule has 112 valence electrons. The minimum absolute atomic E-state index is 0.0810. The van der Waals surface area contributed by atoms with Gasteiger partial charge in [0.05, 0.1) is 20.8 Å². The van der Waals surface area contributed by atoms with Gasteiger partial charge in [0.1, 0.15) is 10.7 Å². The zero-order valence-corrected chi connectivity index (χ0v) is 13.8. The number of hydrogen-bond donors (Lipinski definition) is 2. The predicted molar refractivity (Wildman–Crippen MR) is 86.1 cm³/mol. The largest absolute Gasteiger partial charge is 0.372 e.